The molecule has 8 nitrogen and oxygen atoms in total. The molecule has 2 aromatic carbocycles. The Morgan fingerprint density at radius 3 is 2.66 bits per heavy atom. The average Bonchev–Trinajstić information content (AvgIpc) is 2.92. The van der Waals surface area contributed by atoms with Crippen LogP contribution >= 0.6 is 23.4 Å². The zero-order valence-electron chi connectivity index (χ0n) is 22.9. The van der Waals surface area contributed by atoms with Gasteiger partial charge in [-0.15, -0.1) is 11.8 Å². The highest BCUT2D eigenvalue weighted by Gasteiger charge is 2.34. The number of ether oxygens (including phenoxy) is 1. The summed E-state index contributed by atoms with van der Waals surface area (Å²) in [5.41, 5.74) is 1.15. The number of thioether (sulfide) groups is 1. The molecule has 2 atom stereocenters. The van der Waals surface area contributed by atoms with E-state index in [1.54, 1.807) is 11.8 Å². The van der Waals surface area contributed by atoms with Crippen LogP contribution < -0.4 is 15.9 Å². The predicted octanol–water partition coefficient (Wildman–Crippen LogP) is 3.46. The molecule has 1 N–H and O–H groups in total. The Balaban J connectivity index is 1.33. The summed E-state index contributed by atoms with van der Waals surface area (Å²) in [5.74, 6) is -0.0913. The highest BCUT2D eigenvalue weighted by atomic mass is 35.5. The van der Waals surface area contributed by atoms with E-state index in [-0.39, 0.29) is 23.3 Å². The number of aromatic nitrogens is 2. The number of piperazine rings is 2. The summed E-state index contributed by atoms with van der Waals surface area (Å²) in [6.07, 6.45) is 0. The van der Waals surface area contributed by atoms with Crippen molar-refractivity contribution in [3.8, 4) is 11.1 Å². The zero-order valence-corrected chi connectivity index (χ0v) is 24.5. The summed E-state index contributed by atoms with van der Waals surface area (Å²) in [5, 5.41) is 4.54. The SMILES string of the molecule is C[C@H]1CNCCN1c1nc(=O)n2c3c(c(-c4ccc(F)cc4F)c(Cl)cc13)SC[C@@H]2CN1CCN(C2COC2)CC1. The lowest BCUT2D eigenvalue weighted by atomic mass is 10.0. The second-order valence-electron chi connectivity index (χ2n) is 11.4. The lowest BCUT2D eigenvalue weighted by Crippen LogP contribution is -2.57. The Morgan fingerprint density at radius 1 is 1.15 bits per heavy atom. The molecule has 0 spiro atoms. The molecule has 0 saturated carbocycles. The molecule has 0 bridgehead atoms. The minimum Gasteiger partial charge on any atom is -0.378 e. The number of hydrogen-bond donors (Lipinski definition) is 1. The minimum atomic E-state index is -0.682. The molecule has 1 aromatic heterocycles. The van der Waals surface area contributed by atoms with Crippen LogP contribution in [0.2, 0.25) is 5.02 Å². The maximum atomic E-state index is 15.1. The third-order valence-corrected chi connectivity index (χ3v) is 10.4. The van der Waals surface area contributed by atoms with Gasteiger partial charge in [-0.25, -0.2) is 13.6 Å². The zero-order chi connectivity index (χ0) is 28.2. The van der Waals surface area contributed by atoms with Crippen LogP contribution in [0.3, 0.4) is 0 Å². The van der Waals surface area contributed by atoms with E-state index in [2.05, 4.69) is 31.9 Å². The summed E-state index contributed by atoms with van der Waals surface area (Å²) in [7, 11) is 0. The van der Waals surface area contributed by atoms with E-state index in [1.165, 1.54) is 12.1 Å². The number of nitrogens with one attached hydrogen (secondary N) is 1. The fourth-order valence-corrected chi connectivity index (χ4v) is 8.24. The monoisotopic (exact) mass is 602 g/mol. The Bertz CT molecular complexity index is 1540. The van der Waals surface area contributed by atoms with Crippen molar-refractivity contribution < 1.29 is 13.5 Å². The summed E-state index contributed by atoms with van der Waals surface area (Å²) in [6.45, 7) is 10.6. The van der Waals surface area contributed by atoms with Gasteiger partial charge in [0.05, 0.1) is 35.8 Å². The van der Waals surface area contributed by atoms with Crippen LogP contribution in [0.4, 0.5) is 14.6 Å². The summed E-state index contributed by atoms with van der Waals surface area (Å²) in [4.78, 5) is 26.4. The van der Waals surface area contributed by atoms with Gasteiger partial charge >= 0.3 is 5.69 Å². The molecular weight excluding hydrogens is 570 g/mol. The number of rotatable bonds is 5. The van der Waals surface area contributed by atoms with E-state index in [1.807, 2.05) is 10.6 Å². The molecule has 0 amide bonds. The van der Waals surface area contributed by atoms with E-state index >= 15 is 4.39 Å². The second kappa shape index (κ2) is 11.1. The first-order valence-corrected chi connectivity index (χ1v) is 15.6. The third kappa shape index (κ3) is 4.94. The van der Waals surface area contributed by atoms with E-state index in [0.29, 0.717) is 34.7 Å². The normalized spacial score (nSPS) is 24.1. The third-order valence-electron chi connectivity index (χ3n) is 8.87. The highest BCUT2D eigenvalue weighted by molar-refractivity contribution is 7.99. The van der Waals surface area contributed by atoms with Gasteiger partial charge in [0.25, 0.3) is 0 Å². The van der Waals surface area contributed by atoms with E-state index in [0.717, 1.165) is 80.9 Å². The van der Waals surface area contributed by atoms with Crippen molar-refractivity contribution in [3.05, 3.63) is 51.4 Å². The van der Waals surface area contributed by atoms with Gasteiger partial charge in [0.1, 0.15) is 17.5 Å². The van der Waals surface area contributed by atoms with Crippen molar-refractivity contribution in [2.24, 2.45) is 0 Å². The predicted molar refractivity (Wildman–Crippen MR) is 158 cm³/mol. The van der Waals surface area contributed by atoms with E-state index in [4.69, 9.17) is 16.3 Å². The maximum Gasteiger partial charge on any atom is 0.350 e. The summed E-state index contributed by atoms with van der Waals surface area (Å²) < 4.78 is 36.2. The Morgan fingerprint density at radius 2 is 1.95 bits per heavy atom. The molecule has 12 heteroatoms. The van der Waals surface area contributed by atoms with Crippen molar-refractivity contribution in [3.63, 3.8) is 0 Å². The van der Waals surface area contributed by atoms with Gasteiger partial charge < -0.3 is 15.0 Å². The van der Waals surface area contributed by atoms with Crippen molar-refractivity contribution in [2.75, 3.05) is 76.2 Å². The number of hydrogen-bond acceptors (Lipinski definition) is 8. The number of benzene rings is 2. The van der Waals surface area contributed by atoms with Gasteiger partial charge in [-0.05, 0) is 25.1 Å². The molecule has 0 radical (unpaired) electrons. The summed E-state index contributed by atoms with van der Waals surface area (Å²) >= 11 is 8.50. The van der Waals surface area contributed by atoms with E-state index in [9.17, 15) is 9.18 Å². The minimum absolute atomic E-state index is 0.102. The van der Waals surface area contributed by atoms with Gasteiger partial charge in [-0.2, -0.15) is 4.98 Å². The van der Waals surface area contributed by atoms with Gasteiger partial charge in [0, 0.05) is 91.6 Å². The Labute approximate surface area is 246 Å². The Hall–Kier alpha value is -2.28. The average molecular weight is 603 g/mol. The largest absolute Gasteiger partial charge is 0.378 e. The smallest absolute Gasteiger partial charge is 0.350 e. The lowest BCUT2D eigenvalue weighted by molar-refractivity contribution is -0.0773. The van der Waals surface area contributed by atoms with Crippen LogP contribution in [0.15, 0.2) is 34.0 Å². The van der Waals surface area contributed by atoms with Crippen LogP contribution in [-0.4, -0.2) is 103 Å². The van der Waals surface area contributed by atoms with Crippen LogP contribution in [0.5, 0.6) is 0 Å². The fraction of sp³-hybridized carbons (Fsp3) is 0.517. The first kappa shape index (κ1) is 27.5. The van der Waals surface area contributed by atoms with Crippen molar-refractivity contribution in [1.29, 1.82) is 0 Å². The van der Waals surface area contributed by atoms with Crippen LogP contribution in [-0.2, 0) is 4.74 Å². The fourth-order valence-electron chi connectivity index (χ4n) is 6.56. The number of anilines is 1. The molecule has 218 valence electrons. The molecule has 4 aliphatic heterocycles. The lowest BCUT2D eigenvalue weighted by Gasteiger charge is -2.43. The Kier molecular flexibility index (Phi) is 7.45. The number of nitrogens with zero attached hydrogens (tertiary/aromatic N) is 5. The van der Waals surface area contributed by atoms with Crippen molar-refractivity contribution >= 4 is 40.1 Å². The highest BCUT2D eigenvalue weighted by Crippen LogP contribution is 2.48. The van der Waals surface area contributed by atoms with Gasteiger partial charge in [0.2, 0.25) is 0 Å². The molecule has 7 rings (SSSR count). The van der Waals surface area contributed by atoms with Gasteiger partial charge in [-0.1, -0.05) is 11.6 Å². The number of halogens is 3. The van der Waals surface area contributed by atoms with Gasteiger partial charge in [-0.3, -0.25) is 14.4 Å². The summed E-state index contributed by atoms with van der Waals surface area (Å²) in [6, 6.07) is 5.91. The first-order chi connectivity index (χ1) is 19.9. The molecule has 3 saturated heterocycles. The van der Waals surface area contributed by atoms with Gasteiger partial charge in [0.15, 0.2) is 0 Å². The van der Waals surface area contributed by atoms with Crippen LogP contribution in [0, 0.1) is 11.6 Å². The van der Waals surface area contributed by atoms with Crippen molar-refractivity contribution in [2.45, 2.75) is 29.9 Å². The second-order valence-corrected chi connectivity index (χ2v) is 12.8. The standard InChI is InChI=1S/C29H33ClF2N6O2S/c1-17-12-33-4-5-37(17)28-22-11-23(30)25(21-3-2-18(31)10-24(21)32)27-26(22)38(29(39)34-28)19(16-41-27)13-35-6-8-36(9-7-35)20-14-40-15-20/h2-3,10-11,17,19-20,33H,4-9,12-16H2,1H3/t17-,19-/m0/s1. The topological polar surface area (TPSA) is 65.9 Å². The molecule has 3 aromatic rings. The molecule has 0 unspecified atom stereocenters. The van der Waals surface area contributed by atoms with Crippen LogP contribution in [0.25, 0.3) is 22.0 Å². The van der Waals surface area contributed by atoms with Crippen LogP contribution in [0.1, 0.15) is 13.0 Å². The van der Waals surface area contributed by atoms with E-state index < -0.39 is 11.6 Å². The molecular formula is C29H33ClF2N6O2S. The first-order valence-electron chi connectivity index (χ1n) is 14.3. The molecule has 3 fully saturated rings. The molecule has 4 aliphatic rings. The molecule has 0 aliphatic carbocycles. The van der Waals surface area contributed by atoms with Crippen molar-refractivity contribution in [1.82, 2.24) is 24.7 Å². The molecule has 5 heterocycles. The molecule has 41 heavy (non-hydrogen) atoms. The maximum absolute atomic E-state index is 15.1. The quantitative estimate of drug-likeness (QED) is 0.477.